The number of anilines is 2. The van der Waals surface area contributed by atoms with E-state index in [-0.39, 0.29) is 6.10 Å². The van der Waals surface area contributed by atoms with Crippen LogP contribution < -0.4 is 11.1 Å². The Bertz CT molecular complexity index is 421. The molecule has 0 aliphatic carbocycles. The highest BCUT2D eigenvalue weighted by Crippen LogP contribution is 2.20. The van der Waals surface area contributed by atoms with E-state index in [1.165, 1.54) is 6.42 Å². The fourth-order valence-corrected chi connectivity index (χ4v) is 1.89. The standard InChI is InChI=1S/C12H16N4O/c13-7-9-4-5-15-12(11(9)14)16-8-10-3-1-2-6-17-10/h4-5,10H,1-3,6,8,14H2,(H,15,16). The van der Waals surface area contributed by atoms with Crippen molar-refractivity contribution in [1.82, 2.24) is 4.98 Å². The van der Waals surface area contributed by atoms with Crippen molar-refractivity contribution < 1.29 is 4.74 Å². The second kappa shape index (κ2) is 5.51. The van der Waals surface area contributed by atoms with Crippen molar-refractivity contribution in [2.45, 2.75) is 25.4 Å². The molecule has 1 aliphatic heterocycles. The molecule has 90 valence electrons. The Balaban J connectivity index is 1.96. The van der Waals surface area contributed by atoms with Crippen LogP contribution in [0.25, 0.3) is 0 Å². The first-order valence-electron chi connectivity index (χ1n) is 5.81. The molecule has 2 heterocycles. The van der Waals surface area contributed by atoms with Gasteiger partial charge < -0.3 is 15.8 Å². The summed E-state index contributed by atoms with van der Waals surface area (Å²) in [6, 6.07) is 3.65. The van der Waals surface area contributed by atoms with E-state index in [9.17, 15) is 0 Å². The first-order chi connectivity index (χ1) is 8.31. The lowest BCUT2D eigenvalue weighted by Gasteiger charge is -2.23. The van der Waals surface area contributed by atoms with E-state index < -0.39 is 0 Å². The number of aromatic nitrogens is 1. The average Bonchev–Trinajstić information content (AvgIpc) is 2.39. The third-order valence-electron chi connectivity index (χ3n) is 2.88. The number of hydrogen-bond donors (Lipinski definition) is 2. The Kier molecular flexibility index (Phi) is 3.78. The van der Waals surface area contributed by atoms with E-state index in [0.717, 1.165) is 19.4 Å². The largest absolute Gasteiger partial charge is 0.395 e. The number of rotatable bonds is 3. The lowest BCUT2D eigenvalue weighted by atomic mass is 10.1. The molecule has 0 radical (unpaired) electrons. The fourth-order valence-electron chi connectivity index (χ4n) is 1.89. The van der Waals surface area contributed by atoms with Crippen LogP contribution in [0.2, 0.25) is 0 Å². The van der Waals surface area contributed by atoms with Gasteiger partial charge in [-0.2, -0.15) is 5.26 Å². The van der Waals surface area contributed by atoms with Gasteiger partial charge in [0.05, 0.1) is 17.4 Å². The van der Waals surface area contributed by atoms with Crippen LogP contribution in [0, 0.1) is 11.3 Å². The van der Waals surface area contributed by atoms with Gasteiger partial charge >= 0.3 is 0 Å². The van der Waals surface area contributed by atoms with Gasteiger partial charge in [0.15, 0.2) is 5.82 Å². The van der Waals surface area contributed by atoms with E-state index in [1.807, 2.05) is 6.07 Å². The molecule has 1 aromatic rings. The highest BCUT2D eigenvalue weighted by Gasteiger charge is 2.14. The van der Waals surface area contributed by atoms with Gasteiger partial charge in [0, 0.05) is 19.3 Å². The minimum absolute atomic E-state index is 0.218. The van der Waals surface area contributed by atoms with Gasteiger partial charge in [-0.3, -0.25) is 0 Å². The first kappa shape index (κ1) is 11.7. The highest BCUT2D eigenvalue weighted by atomic mass is 16.5. The predicted octanol–water partition coefficient (Wildman–Crippen LogP) is 1.52. The Hall–Kier alpha value is -1.80. The molecule has 17 heavy (non-hydrogen) atoms. The van der Waals surface area contributed by atoms with Gasteiger partial charge in [-0.15, -0.1) is 0 Å². The quantitative estimate of drug-likeness (QED) is 0.825. The maximum absolute atomic E-state index is 8.85. The minimum Gasteiger partial charge on any atom is -0.395 e. The van der Waals surface area contributed by atoms with Gasteiger partial charge in [0.1, 0.15) is 6.07 Å². The molecule has 2 rings (SSSR count). The van der Waals surface area contributed by atoms with Crippen molar-refractivity contribution in [1.29, 1.82) is 5.26 Å². The summed E-state index contributed by atoms with van der Waals surface area (Å²) in [5, 5.41) is 12.0. The molecule has 0 amide bonds. The molecule has 0 spiro atoms. The fraction of sp³-hybridized carbons (Fsp3) is 0.500. The number of pyridine rings is 1. The lowest BCUT2D eigenvalue weighted by Crippen LogP contribution is -2.27. The number of nitrogens with one attached hydrogen (secondary N) is 1. The van der Waals surface area contributed by atoms with Gasteiger partial charge in [-0.05, 0) is 25.3 Å². The second-order valence-electron chi connectivity index (χ2n) is 4.10. The smallest absolute Gasteiger partial charge is 0.150 e. The molecule has 3 N–H and O–H groups in total. The molecule has 1 aromatic heterocycles. The summed E-state index contributed by atoms with van der Waals surface area (Å²) in [4.78, 5) is 4.13. The molecule has 0 bridgehead atoms. The van der Waals surface area contributed by atoms with Crippen molar-refractivity contribution in [3.8, 4) is 6.07 Å². The lowest BCUT2D eigenvalue weighted by molar-refractivity contribution is 0.0247. The number of ether oxygens (including phenoxy) is 1. The Morgan fingerprint density at radius 2 is 2.47 bits per heavy atom. The summed E-state index contributed by atoms with van der Waals surface area (Å²) in [6.07, 6.45) is 5.20. The summed E-state index contributed by atoms with van der Waals surface area (Å²) >= 11 is 0. The molecule has 1 aliphatic rings. The highest BCUT2D eigenvalue weighted by molar-refractivity contribution is 5.68. The SMILES string of the molecule is N#Cc1ccnc(NCC2CCCCO2)c1N. The van der Waals surface area contributed by atoms with Crippen LogP contribution in [-0.4, -0.2) is 24.2 Å². The van der Waals surface area contributed by atoms with Gasteiger partial charge in [0.25, 0.3) is 0 Å². The van der Waals surface area contributed by atoms with Crippen LogP contribution in [0.15, 0.2) is 12.3 Å². The monoisotopic (exact) mass is 232 g/mol. The van der Waals surface area contributed by atoms with Crippen molar-refractivity contribution in [3.05, 3.63) is 17.8 Å². The van der Waals surface area contributed by atoms with Gasteiger partial charge in [-0.1, -0.05) is 0 Å². The molecule has 1 saturated heterocycles. The predicted molar refractivity (Wildman–Crippen MR) is 65.4 cm³/mol. The van der Waals surface area contributed by atoms with E-state index in [1.54, 1.807) is 12.3 Å². The average molecular weight is 232 g/mol. The molecule has 0 aromatic carbocycles. The van der Waals surface area contributed by atoms with Crippen molar-refractivity contribution in [3.63, 3.8) is 0 Å². The summed E-state index contributed by atoms with van der Waals surface area (Å²) in [7, 11) is 0. The molecular weight excluding hydrogens is 216 g/mol. The second-order valence-corrected chi connectivity index (χ2v) is 4.10. The molecule has 5 heteroatoms. The molecule has 1 fully saturated rings. The van der Waals surface area contributed by atoms with Crippen LogP contribution in [0.5, 0.6) is 0 Å². The third-order valence-corrected chi connectivity index (χ3v) is 2.88. The minimum atomic E-state index is 0.218. The number of nitrogen functional groups attached to an aromatic ring is 1. The number of nitrogens with zero attached hydrogens (tertiary/aromatic N) is 2. The zero-order valence-corrected chi connectivity index (χ0v) is 9.65. The van der Waals surface area contributed by atoms with Crippen molar-refractivity contribution in [2.75, 3.05) is 24.2 Å². The van der Waals surface area contributed by atoms with Crippen LogP contribution in [0.3, 0.4) is 0 Å². The molecule has 1 atom stereocenters. The van der Waals surface area contributed by atoms with Gasteiger partial charge in [0.2, 0.25) is 0 Å². The van der Waals surface area contributed by atoms with E-state index in [2.05, 4.69) is 10.3 Å². The van der Waals surface area contributed by atoms with Crippen molar-refractivity contribution in [2.24, 2.45) is 0 Å². The summed E-state index contributed by atoms with van der Waals surface area (Å²) in [5.41, 5.74) is 6.68. The number of hydrogen-bond acceptors (Lipinski definition) is 5. The Labute approximate surface area is 101 Å². The third kappa shape index (κ3) is 2.86. The van der Waals surface area contributed by atoms with Crippen molar-refractivity contribution >= 4 is 11.5 Å². The Morgan fingerprint density at radius 3 is 3.18 bits per heavy atom. The first-order valence-corrected chi connectivity index (χ1v) is 5.81. The van der Waals surface area contributed by atoms with Crippen LogP contribution in [0.4, 0.5) is 11.5 Å². The normalized spacial score (nSPS) is 19.6. The maximum Gasteiger partial charge on any atom is 0.150 e. The Morgan fingerprint density at radius 1 is 1.59 bits per heavy atom. The summed E-state index contributed by atoms with van der Waals surface area (Å²) in [6.45, 7) is 1.51. The van der Waals surface area contributed by atoms with E-state index >= 15 is 0 Å². The van der Waals surface area contributed by atoms with Crippen LogP contribution >= 0.6 is 0 Å². The van der Waals surface area contributed by atoms with Gasteiger partial charge in [-0.25, -0.2) is 4.98 Å². The van der Waals surface area contributed by atoms with E-state index in [0.29, 0.717) is 23.6 Å². The summed E-state index contributed by atoms with van der Waals surface area (Å²) in [5.74, 6) is 0.568. The zero-order valence-electron chi connectivity index (χ0n) is 9.65. The molecular formula is C12H16N4O. The molecule has 1 unspecified atom stereocenters. The van der Waals surface area contributed by atoms with Crippen LogP contribution in [-0.2, 0) is 4.74 Å². The summed E-state index contributed by atoms with van der Waals surface area (Å²) < 4.78 is 5.60. The number of nitrogens with two attached hydrogens (primary N) is 1. The topological polar surface area (TPSA) is 84.0 Å². The van der Waals surface area contributed by atoms with E-state index in [4.69, 9.17) is 15.7 Å². The zero-order chi connectivity index (χ0) is 12.1. The molecule has 0 saturated carbocycles. The number of nitriles is 1. The maximum atomic E-state index is 8.85. The van der Waals surface area contributed by atoms with Crippen LogP contribution in [0.1, 0.15) is 24.8 Å². The molecule has 5 nitrogen and oxygen atoms in total.